The second-order valence-corrected chi connectivity index (χ2v) is 8.01. The lowest BCUT2D eigenvalue weighted by atomic mass is 10.2. The Bertz CT molecular complexity index is 1080. The molecule has 8 nitrogen and oxygen atoms in total. The zero-order valence-electron chi connectivity index (χ0n) is 15.5. The molecule has 1 aliphatic rings. The van der Waals surface area contributed by atoms with Gasteiger partial charge >= 0.3 is 11.9 Å². The van der Waals surface area contributed by atoms with E-state index in [1.807, 2.05) is 0 Å². The van der Waals surface area contributed by atoms with Crippen LogP contribution < -0.4 is 4.74 Å². The largest absolute Gasteiger partial charge is 0.481 e. The molecule has 0 unspecified atom stereocenters. The minimum atomic E-state index is -1.11. The molecule has 1 amide bonds. The van der Waals surface area contributed by atoms with E-state index in [0.29, 0.717) is 27.1 Å². The number of nitrogens with zero attached hydrogens (tertiary/aromatic N) is 2. The highest BCUT2D eigenvalue weighted by atomic mass is 79.9. The van der Waals surface area contributed by atoms with Crippen molar-refractivity contribution in [1.29, 1.82) is 0 Å². The van der Waals surface area contributed by atoms with Gasteiger partial charge in [0.1, 0.15) is 5.75 Å². The fourth-order valence-electron chi connectivity index (χ4n) is 2.48. The number of carboxylic acid groups (broad SMARTS) is 2. The second kappa shape index (κ2) is 9.14. The van der Waals surface area contributed by atoms with Crippen molar-refractivity contribution in [1.82, 2.24) is 4.90 Å². The lowest BCUT2D eigenvalue weighted by Crippen LogP contribution is -2.23. The van der Waals surface area contributed by atoms with E-state index in [2.05, 4.69) is 20.9 Å². The standard InChI is InChI=1S/C20H15BrN2O6S/c1-23-18(26)16(9-12-8-13(21)4-7-15(12)29-10-17(24)25)30-20(23)22-14-5-2-11(3-6-14)19(27)28/h2-9H,10H2,1H3,(H,24,25)(H,27,28)/b16-9-,22-20?. The summed E-state index contributed by atoms with van der Waals surface area (Å²) in [7, 11) is 1.59. The van der Waals surface area contributed by atoms with E-state index >= 15 is 0 Å². The number of carbonyl (C=O) groups excluding carboxylic acids is 1. The van der Waals surface area contributed by atoms with Gasteiger partial charge in [-0.2, -0.15) is 0 Å². The Hall–Kier alpha value is -3.11. The number of amidine groups is 1. The minimum Gasteiger partial charge on any atom is -0.481 e. The highest BCUT2D eigenvalue weighted by molar-refractivity contribution is 9.10. The van der Waals surface area contributed by atoms with Gasteiger partial charge in [-0.25, -0.2) is 14.6 Å². The van der Waals surface area contributed by atoms with E-state index in [4.69, 9.17) is 14.9 Å². The van der Waals surface area contributed by atoms with Crippen LogP contribution in [-0.4, -0.2) is 51.8 Å². The normalized spacial score (nSPS) is 16.3. The summed E-state index contributed by atoms with van der Waals surface area (Å²) in [6, 6.07) is 11.0. The molecule has 1 aliphatic heterocycles. The van der Waals surface area contributed by atoms with Gasteiger partial charge < -0.3 is 14.9 Å². The first-order chi connectivity index (χ1) is 14.2. The molecular formula is C20H15BrN2O6S. The Labute approximate surface area is 184 Å². The van der Waals surface area contributed by atoms with Crippen LogP contribution in [0.1, 0.15) is 15.9 Å². The molecule has 0 radical (unpaired) electrons. The smallest absolute Gasteiger partial charge is 0.341 e. The average Bonchev–Trinajstić information content (AvgIpc) is 2.95. The second-order valence-electron chi connectivity index (χ2n) is 6.09. The predicted octanol–water partition coefficient (Wildman–Crippen LogP) is 3.84. The summed E-state index contributed by atoms with van der Waals surface area (Å²) >= 11 is 4.51. The van der Waals surface area contributed by atoms with Crippen LogP contribution in [0.3, 0.4) is 0 Å². The van der Waals surface area contributed by atoms with Crippen LogP contribution in [-0.2, 0) is 9.59 Å². The third-order valence-electron chi connectivity index (χ3n) is 3.95. The number of carbonyl (C=O) groups is 3. The van der Waals surface area contributed by atoms with Gasteiger partial charge in [-0.1, -0.05) is 15.9 Å². The number of aliphatic carboxylic acids is 1. The molecule has 2 N–H and O–H groups in total. The van der Waals surface area contributed by atoms with Crippen LogP contribution in [0.25, 0.3) is 6.08 Å². The van der Waals surface area contributed by atoms with Crippen LogP contribution in [0, 0.1) is 0 Å². The van der Waals surface area contributed by atoms with Crippen LogP contribution in [0.2, 0.25) is 0 Å². The van der Waals surface area contributed by atoms with Crippen molar-refractivity contribution < 1.29 is 29.3 Å². The van der Waals surface area contributed by atoms with E-state index in [9.17, 15) is 14.4 Å². The van der Waals surface area contributed by atoms with Crippen molar-refractivity contribution in [2.24, 2.45) is 4.99 Å². The highest BCUT2D eigenvalue weighted by Crippen LogP contribution is 2.35. The lowest BCUT2D eigenvalue weighted by Gasteiger charge is -2.08. The molecule has 1 heterocycles. The predicted molar refractivity (Wildman–Crippen MR) is 116 cm³/mol. The number of aliphatic imine (C=N–C) groups is 1. The topological polar surface area (TPSA) is 117 Å². The number of thioether (sulfide) groups is 1. The van der Waals surface area contributed by atoms with Crippen LogP contribution >= 0.6 is 27.7 Å². The van der Waals surface area contributed by atoms with E-state index in [1.54, 1.807) is 43.5 Å². The number of amides is 1. The van der Waals surface area contributed by atoms with Gasteiger partial charge in [0, 0.05) is 17.1 Å². The summed E-state index contributed by atoms with van der Waals surface area (Å²) in [6.07, 6.45) is 1.61. The molecular weight excluding hydrogens is 476 g/mol. The molecule has 0 saturated carbocycles. The van der Waals surface area contributed by atoms with E-state index in [-0.39, 0.29) is 11.5 Å². The molecule has 0 atom stereocenters. The van der Waals surface area contributed by atoms with Crippen molar-refractivity contribution in [3.8, 4) is 5.75 Å². The maximum Gasteiger partial charge on any atom is 0.341 e. The summed E-state index contributed by atoms with van der Waals surface area (Å²) < 4.78 is 6.05. The van der Waals surface area contributed by atoms with Crippen LogP contribution in [0.4, 0.5) is 5.69 Å². The van der Waals surface area contributed by atoms with Crippen molar-refractivity contribution in [2.45, 2.75) is 0 Å². The van der Waals surface area contributed by atoms with E-state index in [1.165, 1.54) is 17.0 Å². The zero-order chi connectivity index (χ0) is 21.8. The van der Waals surface area contributed by atoms with E-state index < -0.39 is 18.5 Å². The molecule has 3 rings (SSSR count). The summed E-state index contributed by atoms with van der Waals surface area (Å²) in [4.78, 5) is 40.6. The van der Waals surface area contributed by atoms with Gasteiger partial charge in [0.25, 0.3) is 5.91 Å². The maximum atomic E-state index is 12.6. The maximum absolute atomic E-state index is 12.6. The fraction of sp³-hybridized carbons (Fsp3) is 0.100. The molecule has 1 fully saturated rings. The zero-order valence-corrected chi connectivity index (χ0v) is 17.9. The van der Waals surface area contributed by atoms with Gasteiger partial charge in [-0.05, 0) is 60.3 Å². The summed E-state index contributed by atoms with van der Waals surface area (Å²) in [5, 5.41) is 18.2. The quantitative estimate of drug-likeness (QED) is 0.590. The number of aromatic carboxylic acids is 1. The number of benzene rings is 2. The highest BCUT2D eigenvalue weighted by Gasteiger charge is 2.30. The third kappa shape index (κ3) is 5.08. The third-order valence-corrected chi connectivity index (χ3v) is 5.51. The summed E-state index contributed by atoms with van der Waals surface area (Å²) in [6.45, 7) is -0.502. The van der Waals surface area contributed by atoms with E-state index in [0.717, 1.165) is 16.2 Å². The first-order valence-corrected chi connectivity index (χ1v) is 10.1. The summed E-state index contributed by atoms with van der Waals surface area (Å²) in [5.74, 6) is -2.08. The Morgan fingerprint density at radius 2 is 1.90 bits per heavy atom. The van der Waals surface area contributed by atoms with Gasteiger partial charge in [-0.15, -0.1) is 0 Å². The van der Waals surface area contributed by atoms with Crippen molar-refractivity contribution in [3.63, 3.8) is 0 Å². The number of rotatable bonds is 6. The first kappa shape index (κ1) is 21.6. The molecule has 30 heavy (non-hydrogen) atoms. The molecule has 154 valence electrons. The van der Waals surface area contributed by atoms with Gasteiger partial charge in [0.05, 0.1) is 16.2 Å². The van der Waals surface area contributed by atoms with Crippen molar-refractivity contribution in [2.75, 3.05) is 13.7 Å². The first-order valence-electron chi connectivity index (χ1n) is 8.48. The molecule has 2 aromatic carbocycles. The van der Waals surface area contributed by atoms with Crippen LogP contribution in [0.15, 0.2) is 56.8 Å². The molecule has 2 aromatic rings. The SMILES string of the molecule is CN1C(=O)/C(=C/c2cc(Br)ccc2OCC(=O)O)SC1=Nc1ccc(C(=O)O)cc1. The molecule has 10 heteroatoms. The lowest BCUT2D eigenvalue weighted by molar-refractivity contribution is -0.139. The molecule has 0 bridgehead atoms. The average molecular weight is 491 g/mol. The van der Waals surface area contributed by atoms with Gasteiger partial charge in [0.2, 0.25) is 0 Å². The van der Waals surface area contributed by atoms with Crippen LogP contribution in [0.5, 0.6) is 5.75 Å². The Morgan fingerprint density at radius 3 is 2.53 bits per heavy atom. The fourth-order valence-corrected chi connectivity index (χ4v) is 3.84. The number of carboxylic acids is 2. The Kier molecular flexibility index (Phi) is 6.58. The number of likely N-dealkylation sites (N-methyl/N-ethyl adjacent to an activating group) is 1. The molecule has 0 aromatic heterocycles. The molecule has 0 spiro atoms. The molecule has 0 aliphatic carbocycles. The number of ether oxygens (including phenoxy) is 1. The minimum absolute atomic E-state index is 0.145. The Morgan fingerprint density at radius 1 is 1.20 bits per heavy atom. The Balaban J connectivity index is 1.89. The monoisotopic (exact) mass is 490 g/mol. The number of hydrogen-bond donors (Lipinski definition) is 2. The summed E-state index contributed by atoms with van der Waals surface area (Å²) in [5.41, 5.74) is 1.20. The molecule has 1 saturated heterocycles. The van der Waals surface area contributed by atoms with Crippen molar-refractivity contribution in [3.05, 3.63) is 63.0 Å². The van der Waals surface area contributed by atoms with Crippen molar-refractivity contribution >= 4 is 62.5 Å². The van der Waals surface area contributed by atoms with Gasteiger partial charge in [0.15, 0.2) is 11.8 Å². The number of hydrogen-bond acceptors (Lipinski definition) is 6. The van der Waals surface area contributed by atoms with Gasteiger partial charge in [-0.3, -0.25) is 9.69 Å². The number of halogens is 1.